The van der Waals surface area contributed by atoms with Crippen molar-refractivity contribution in [2.24, 2.45) is 21.7 Å². The van der Waals surface area contributed by atoms with Gasteiger partial charge in [-0.1, -0.05) is 107 Å². The number of H-pyrrole nitrogens is 2. The fraction of sp³-hybridized carbons (Fsp3) is 0.290. The first-order valence-corrected chi connectivity index (χ1v) is 24.3. The van der Waals surface area contributed by atoms with E-state index in [1.165, 1.54) is 38.5 Å². The van der Waals surface area contributed by atoms with Gasteiger partial charge in [0, 0.05) is 93.9 Å². The molecule has 2 aromatic carbocycles. The lowest BCUT2D eigenvalue weighted by Gasteiger charge is -2.10. The molecular weight excluding hydrogens is 989 g/mol. The van der Waals surface area contributed by atoms with Gasteiger partial charge in [0.05, 0.1) is 16.8 Å². The molecule has 0 aliphatic carbocycles. The molecule has 0 aliphatic heterocycles. The Labute approximate surface area is 455 Å². The molecule has 404 valence electrons. The van der Waals surface area contributed by atoms with E-state index in [4.69, 9.17) is 20.3 Å². The quantitative estimate of drug-likeness (QED) is 0.0516. The first kappa shape index (κ1) is 62.7. The van der Waals surface area contributed by atoms with Gasteiger partial charge in [-0.15, -0.1) is 0 Å². The molecule has 0 saturated carbocycles. The SMILES string of the molecule is CC(=O)c1cc(C#CC(=O)C(C)(C)C)c[nH]1.CC(=O)c1cc(C#CC(=O)C(C)(C)C)co1.CC(C)(C)C(=O)C#Cc1c[nH]c(C(=O)Nc2ccc(N)cc2)c1.CC(C)(C)C(=O)C#Cc1coc(C(=O)Nc2ccc(N)cc2)c1. The smallest absolute Gasteiger partial charge is 0.291 e. The van der Waals surface area contributed by atoms with Crippen molar-refractivity contribution < 1.29 is 47.2 Å². The summed E-state index contributed by atoms with van der Waals surface area (Å²) in [4.78, 5) is 98.4. The van der Waals surface area contributed by atoms with E-state index in [9.17, 15) is 38.4 Å². The van der Waals surface area contributed by atoms with E-state index in [-0.39, 0.29) is 52.1 Å². The molecule has 0 aliphatic rings. The molecule has 0 atom stereocenters. The molecule has 0 bridgehead atoms. The van der Waals surface area contributed by atoms with Crippen molar-refractivity contribution in [1.29, 1.82) is 0 Å². The molecule has 4 heterocycles. The largest absolute Gasteiger partial charge is 0.460 e. The van der Waals surface area contributed by atoms with Crippen LogP contribution in [0.3, 0.4) is 0 Å². The molecule has 78 heavy (non-hydrogen) atoms. The molecule has 0 radical (unpaired) electrons. The number of aromatic nitrogens is 2. The van der Waals surface area contributed by atoms with E-state index in [1.807, 2.05) is 41.5 Å². The van der Waals surface area contributed by atoms with Crippen molar-refractivity contribution in [1.82, 2.24) is 9.97 Å². The number of nitrogens with two attached hydrogens (primary N) is 2. The summed E-state index contributed by atoms with van der Waals surface area (Å²) >= 11 is 0. The van der Waals surface area contributed by atoms with Gasteiger partial charge in [0.1, 0.15) is 18.2 Å². The number of hydrogen-bond acceptors (Lipinski definition) is 12. The van der Waals surface area contributed by atoms with Gasteiger partial charge in [-0.25, -0.2) is 0 Å². The number of carbonyl (C=O) groups excluding carboxylic acids is 8. The van der Waals surface area contributed by atoms with Gasteiger partial charge in [0.2, 0.25) is 23.1 Å². The maximum atomic E-state index is 12.1. The van der Waals surface area contributed by atoms with Crippen LogP contribution in [0.5, 0.6) is 0 Å². The molecule has 4 aromatic heterocycles. The first-order valence-electron chi connectivity index (χ1n) is 24.3. The Morgan fingerprint density at radius 2 is 0.744 bits per heavy atom. The molecule has 0 saturated heterocycles. The van der Waals surface area contributed by atoms with Gasteiger partial charge in [-0.2, -0.15) is 0 Å². The van der Waals surface area contributed by atoms with Gasteiger partial charge in [0.15, 0.2) is 23.1 Å². The van der Waals surface area contributed by atoms with Crippen LogP contribution in [0.4, 0.5) is 22.7 Å². The van der Waals surface area contributed by atoms with Crippen LogP contribution in [-0.4, -0.2) is 56.5 Å². The number of anilines is 4. The Morgan fingerprint density at radius 3 is 1.08 bits per heavy atom. The highest BCUT2D eigenvalue weighted by atomic mass is 16.3. The fourth-order valence-corrected chi connectivity index (χ4v) is 5.16. The highest BCUT2D eigenvalue weighted by Gasteiger charge is 2.22. The summed E-state index contributed by atoms with van der Waals surface area (Å²) in [5, 5.41) is 5.43. The number of ketones is 6. The monoisotopic (exact) mass is 1050 g/mol. The second kappa shape index (κ2) is 27.2. The third-order valence-electron chi connectivity index (χ3n) is 10.1. The topological polar surface area (TPSA) is 271 Å². The molecule has 0 spiro atoms. The van der Waals surface area contributed by atoms with E-state index in [1.54, 1.807) is 115 Å². The second-order valence-electron chi connectivity index (χ2n) is 21.6. The Balaban J connectivity index is 0.000000278. The summed E-state index contributed by atoms with van der Waals surface area (Å²) in [5.41, 5.74) is 14.9. The Hall–Kier alpha value is -9.64. The number of furan rings is 2. The van der Waals surface area contributed by atoms with Gasteiger partial charge >= 0.3 is 0 Å². The van der Waals surface area contributed by atoms with E-state index in [0.29, 0.717) is 56.4 Å². The summed E-state index contributed by atoms with van der Waals surface area (Å²) in [5.74, 6) is 20.1. The minimum absolute atomic E-state index is 0.0461. The molecule has 2 amide bonds. The molecular formula is C62H66N6O10. The van der Waals surface area contributed by atoms with Crippen LogP contribution in [0, 0.1) is 69.0 Å². The van der Waals surface area contributed by atoms with Gasteiger partial charge in [0.25, 0.3) is 11.8 Å². The van der Waals surface area contributed by atoms with E-state index in [0.717, 1.165) is 0 Å². The average molecular weight is 1060 g/mol. The van der Waals surface area contributed by atoms with Gasteiger partial charge < -0.3 is 40.9 Å². The molecule has 0 fully saturated rings. The summed E-state index contributed by atoms with van der Waals surface area (Å²) in [6, 6.07) is 19.9. The lowest BCUT2D eigenvalue weighted by atomic mass is 9.91. The van der Waals surface area contributed by atoms with Crippen molar-refractivity contribution in [3.05, 3.63) is 143 Å². The number of nitrogens with one attached hydrogen (secondary N) is 4. The number of hydrogen-bond donors (Lipinski definition) is 6. The zero-order valence-corrected chi connectivity index (χ0v) is 46.5. The number of benzene rings is 2. The zero-order valence-electron chi connectivity index (χ0n) is 46.5. The minimum Gasteiger partial charge on any atom is -0.460 e. The molecule has 6 rings (SSSR count). The standard InChI is InChI=1S/C18H19N3O2.C18H18N2O3.C13H15NO2.C13H14O3/c1-18(2,3)16(22)9-4-12-10-15(20-11-12)17(23)21-14-7-5-13(19)6-8-14;1-18(2,3)16(21)9-4-12-10-15(23-11-12)17(22)20-14-7-5-13(19)6-8-14;1-9(15)11-7-10(8-14-11)5-6-12(16)13(2,3)4;1-9(14)11-7-10(8-16-11)5-6-12(15)13(2,3)4/h5-8,10-11,20H,19H2,1-3H3,(H,21,23);5-8,10-11H,19H2,1-3H3,(H,20,22);7-8,14H,1-4H3;7-8H,1-4H3. The van der Waals surface area contributed by atoms with Crippen LogP contribution < -0.4 is 22.1 Å². The van der Waals surface area contributed by atoms with Crippen molar-refractivity contribution >= 4 is 69.3 Å². The highest BCUT2D eigenvalue weighted by Crippen LogP contribution is 2.19. The molecule has 16 heteroatoms. The van der Waals surface area contributed by atoms with Crippen LogP contribution >= 0.6 is 0 Å². The number of rotatable bonds is 6. The third-order valence-corrected chi connectivity index (χ3v) is 10.1. The van der Waals surface area contributed by atoms with Crippen molar-refractivity contribution in [2.45, 2.75) is 96.9 Å². The average Bonchev–Trinajstić information content (AvgIpc) is 4.20. The molecule has 0 unspecified atom stereocenters. The molecule has 16 nitrogen and oxygen atoms in total. The third kappa shape index (κ3) is 21.7. The zero-order chi connectivity index (χ0) is 58.8. The highest BCUT2D eigenvalue weighted by molar-refractivity contribution is 6.05. The number of amides is 2. The summed E-state index contributed by atoms with van der Waals surface area (Å²) in [7, 11) is 0. The number of nitrogen functional groups attached to an aromatic ring is 2. The Kier molecular flexibility index (Phi) is 21.9. The maximum absolute atomic E-state index is 12.1. The van der Waals surface area contributed by atoms with Crippen LogP contribution in [0.25, 0.3) is 0 Å². The number of aromatic amines is 2. The van der Waals surface area contributed by atoms with E-state index in [2.05, 4.69) is 68.0 Å². The van der Waals surface area contributed by atoms with E-state index < -0.39 is 27.6 Å². The predicted octanol–water partition coefficient (Wildman–Crippen LogP) is 10.5. The van der Waals surface area contributed by atoms with E-state index >= 15 is 0 Å². The maximum Gasteiger partial charge on any atom is 0.291 e. The van der Waals surface area contributed by atoms with Crippen LogP contribution in [0.15, 0.2) is 107 Å². The van der Waals surface area contributed by atoms with Crippen LogP contribution in [-0.2, 0) is 19.2 Å². The molecule has 6 aromatic rings. The van der Waals surface area contributed by atoms with Crippen molar-refractivity contribution in [3.63, 3.8) is 0 Å². The van der Waals surface area contributed by atoms with Crippen molar-refractivity contribution in [2.75, 3.05) is 22.1 Å². The summed E-state index contributed by atoms with van der Waals surface area (Å²) in [6.45, 7) is 24.6. The second-order valence-corrected chi connectivity index (χ2v) is 21.6. The summed E-state index contributed by atoms with van der Waals surface area (Å²) in [6.07, 6.45) is 5.95. The predicted molar refractivity (Wildman–Crippen MR) is 302 cm³/mol. The van der Waals surface area contributed by atoms with Gasteiger partial charge in [-0.05, 0) is 84.3 Å². The van der Waals surface area contributed by atoms with Crippen LogP contribution in [0.1, 0.15) is 161 Å². The lowest BCUT2D eigenvalue weighted by Crippen LogP contribution is -2.17. The van der Waals surface area contributed by atoms with Gasteiger partial charge in [-0.3, -0.25) is 38.4 Å². The fourth-order valence-electron chi connectivity index (χ4n) is 5.16. The molecule has 8 N–H and O–H groups in total. The Morgan fingerprint density at radius 1 is 0.423 bits per heavy atom. The lowest BCUT2D eigenvalue weighted by molar-refractivity contribution is -0.121. The minimum atomic E-state index is -0.522. The van der Waals surface area contributed by atoms with Crippen LogP contribution in [0.2, 0.25) is 0 Å². The number of carbonyl (C=O) groups is 8. The summed E-state index contributed by atoms with van der Waals surface area (Å²) < 4.78 is 10.2. The normalized spacial score (nSPS) is 10.5. The Bertz CT molecular complexity index is 3200. The first-order chi connectivity index (χ1) is 36.1. The van der Waals surface area contributed by atoms with Crippen molar-refractivity contribution in [3.8, 4) is 47.4 Å². The number of Topliss-reactive ketones (excluding diaryl/α,β-unsaturated/α-hetero) is 6.